The molecule has 0 bridgehead atoms. The van der Waals surface area contributed by atoms with Crippen LogP contribution in [-0.4, -0.2) is 47.3 Å². The van der Waals surface area contributed by atoms with Crippen LogP contribution < -0.4 is 36.0 Å². The van der Waals surface area contributed by atoms with Crippen LogP contribution in [0.4, 0.5) is 5.69 Å². The van der Waals surface area contributed by atoms with E-state index in [1.165, 1.54) is 51.4 Å². The van der Waals surface area contributed by atoms with E-state index in [2.05, 4.69) is 89.3 Å². The first-order valence-electron chi connectivity index (χ1n) is 18.5. The summed E-state index contributed by atoms with van der Waals surface area (Å²) in [6.45, 7) is 24.2. The van der Waals surface area contributed by atoms with Crippen molar-refractivity contribution < 1.29 is 5.11 Å². The number of nitrogens with one attached hydrogen (secondary N) is 2. The van der Waals surface area contributed by atoms with Gasteiger partial charge in [-0.3, -0.25) is 4.79 Å². The Morgan fingerprint density at radius 1 is 0.682 bits per heavy atom. The van der Waals surface area contributed by atoms with Gasteiger partial charge in [0.05, 0.1) is 5.69 Å². The Bertz CT molecular complexity index is 1090. The van der Waals surface area contributed by atoms with Gasteiger partial charge in [-0.2, -0.15) is 0 Å². The highest BCUT2D eigenvalue weighted by Crippen LogP contribution is 2.36. The number of nitrogens with zero attached hydrogens (tertiary/aromatic N) is 2. The highest BCUT2D eigenvalue weighted by Gasteiger charge is 2.45. The van der Waals surface area contributed by atoms with Gasteiger partial charge < -0.3 is 20.6 Å². The quantitative estimate of drug-likeness (QED) is 0.147. The van der Waals surface area contributed by atoms with Gasteiger partial charge in [-0.1, -0.05) is 71.6 Å². The summed E-state index contributed by atoms with van der Waals surface area (Å²) in [5, 5.41) is 22.4. The van der Waals surface area contributed by atoms with Crippen LogP contribution in [0.1, 0.15) is 172 Å². The average molecular weight is 615 g/mol. The van der Waals surface area contributed by atoms with Crippen LogP contribution in [0.5, 0.6) is 5.75 Å². The Balaban J connectivity index is 1.99. The molecule has 0 atom stereocenters. The van der Waals surface area contributed by atoms with Gasteiger partial charge in [0.1, 0.15) is 6.54 Å². The molecule has 0 saturated carbocycles. The number of piperidine rings is 2. The van der Waals surface area contributed by atoms with Crippen molar-refractivity contribution in [1.82, 2.24) is 15.2 Å². The summed E-state index contributed by atoms with van der Waals surface area (Å²) in [5.41, 5.74) is 0.286. The Morgan fingerprint density at radius 2 is 1.11 bits per heavy atom. The third-order valence-corrected chi connectivity index (χ3v) is 10.2. The maximum absolute atomic E-state index is 14.3. The lowest BCUT2D eigenvalue weighted by Gasteiger charge is -2.51. The largest absolute Gasteiger partial charge is 0.866 e. The molecule has 0 spiro atoms. The number of rotatable bonds is 17. The molecule has 2 saturated heterocycles. The Hall–Kier alpha value is -1.40. The third-order valence-electron chi connectivity index (χ3n) is 10.2. The van der Waals surface area contributed by atoms with Gasteiger partial charge in [0, 0.05) is 54.0 Å². The molecule has 0 aliphatic carbocycles. The number of anilines is 1. The van der Waals surface area contributed by atoms with Gasteiger partial charge in [-0.15, -0.1) is 0 Å². The number of unbranched alkanes of at least 4 members (excludes halogenated alkanes) is 10. The standard InChI is InChI=1S/C38H70N4O2/c1-11-13-15-17-19-21-23-41(29-25-35(3,4)39-36(5,6)26-29)31-33(43)32(34(31)44)42(24-22-20-18-16-14-12-2)30-27-37(7,8)40-38(9,10)28-30/h29-30,39-40H,11-28H2,1-10H3. The zero-order chi connectivity index (χ0) is 32.8. The summed E-state index contributed by atoms with van der Waals surface area (Å²) in [4.78, 5) is 16.6. The predicted molar refractivity (Wildman–Crippen MR) is 187 cm³/mol. The van der Waals surface area contributed by atoms with Gasteiger partial charge in [-0.25, -0.2) is 4.58 Å². The van der Waals surface area contributed by atoms with Crippen LogP contribution in [0.3, 0.4) is 0 Å². The van der Waals surface area contributed by atoms with Crippen LogP contribution in [-0.2, 0) is 0 Å². The third kappa shape index (κ3) is 10.3. The lowest BCUT2D eigenvalue weighted by molar-refractivity contribution is -0.271. The van der Waals surface area contributed by atoms with Crippen molar-refractivity contribution in [2.45, 2.75) is 206 Å². The van der Waals surface area contributed by atoms with E-state index in [1.54, 1.807) is 0 Å². The topological polar surface area (TPSA) is 70.4 Å². The molecule has 1 aromatic carbocycles. The molecule has 6 nitrogen and oxygen atoms in total. The SMILES string of the molecule is CCCCCCCCN(c1c([O-])c(=[N+](CCCCCCCC)C2CC(C)(C)NC(C)(C)C2)c1=O)C1CC(C)(C)NC(C)(C)C1. The minimum atomic E-state index is -0.0508. The first-order valence-corrected chi connectivity index (χ1v) is 18.5. The Kier molecular flexibility index (Phi) is 13.0. The molecule has 0 aromatic heterocycles. The van der Waals surface area contributed by atoms with Crippen LogP contribution >= 0.6 is 0 Å². The Morgan fingerprint density at radius 3 is 1.59 bits per heavy atom. The molecule has 6 heteroatoms. The van der Waals surface area contributed by atoms with Crippen LogP contribution in [0.2, 0.25) is 0 Å². The average Bonchev–Trinajstić information content (AvgIpc) is 2.87. The van der Waals surface area contributed by atoms with Gasteiger partial charge in [0.15, 0.2) is 6.04 Å². The summed E-state index contributed by atoms with van der Waals surface area (Å²) in [5.74, 6) is 0.00950. The lowest BCUT2D eigenvalue weighted by Crippen LogP contribution is -2.65. The van der Waals surface area contributed by atoms with Crippen molar-refractivity contribution in [3.63, 3.8) is 0 Å². The summed E-state index contributed by atoms with van der Waals surface area (Å²) < 4.78 is 2.28. The summed E-state index contributed by atoms with van der Waals surface area (Å²) >= 11 is 0. The molecule has 3 rings (SSSR count). The van der Waals surface area contributed by atoms with Crippen molar-refractivity contribution >= 4 is 5.69 Å². The molecular formula is C38H70N4O2. The van der Waals surface area contributed by atoms with E-state index in [-0.39, 0.29) is 45.4 Å². The zero-order valence-electron chi connectivity index (χ0n) is 30.6. The van der Waals surface area contributed by atoms with E-state index in [0.29, 0.717) is 11.0 Å². The molecule has 44 heavy (non-hydrogen) atoms. The molecule has 254 valence electrons. The molecule has 2 aliphatic rings. The van der Waals surface area contributed by atoms with Crippen molar-refractivity contribution in [1.29, 1.82) is 0 Å². The molecule has 2 fully saturated rings. The normalized spacial score (nSPS) is 22.3. The smallest absolute Gasteiger partial charge is 0.271 e. The van der Waals surface area contributed by atoms with E-state index in [4.69, 9.17) is 0 Å². The fourth-order valence-corrected chi connectivity index (χ4v) is 8.95. The summed E-state index contributed by atoms with van der Waals surface area (Å²) in [6, 6.07) is 0.371. The molecule has 1 aromatic rings. The molecule has 2 aliphatic heterocycles. The molecule has 2 heterocycles. The second kappa shape index (κ2) is 15.5. The van der Waals surface area contributed by atoms with Crippen molar-refractivity contribution in [3.05, 3.63) is 15.6 Å². The predicted octanol–water partition coefficient (Wildman–Crippen LogP) is 6.91. The zero-order valence-corrected chi connectivity index (χ0v) is 30.6. The van der Waals surface area contributed by atoms with Crippen molar-refractivity contribution in [2.75, 3.05) is 18.0 Å². The van der Waals surface area contributed by atoms with Crippen LogP contribution in [0.25, 0.3) is 0 Å². The molecular weight excluding hydrogens is 544 g/mol. The van der Waals surface area contributed by atoms with E-state index in [9.17, 15) is 9.90 Å². The van der Waals surface area contributed by atoms with E-state index < -0.39 is 0 Å². The minimum absolute atomic E-state index is 0.00950. The fraction of sp³-hybridized carbons (Fsp3) is 0.895. The van der Waals surface area contributed by atoms with E-state index in [1.807, 2.05) is 0 Å². The first-order chi connectivity index (χ1) is 20.5. The molecule has 2 N–H and O–H groups in total. The van der Waals surface area contributed by atoms with Gasteiger partial charge in [-0.05, 0) is 86.8 Å². The van der Waals surface area contributed by atoms with E-state index in [0.717, 1.165) is 64.5 Å². The number of hydrogen-bond acceptors (Lipinski definition) is 5. The highest BCUT2D eigenvalue weighted by atomic mass is 16.3. The maximum Gasteiger partial charge on any atom is 0.271 e. The van der Waals surface area contributed by atoms with Crippen molar-refractivity contribution in [3.8, 4) is 5.75 Å². The summed E-state index contributed by atoms with van der Waals surface area (Å²) in [6.07, 6.45) is 18.2. The van der Waals surface area contributed by atoms with Crippen molar-refractivity contribution in [2.24, 2.45) is 0 Å². The Labute approximate surface area is 271 Å². The first kappa shape index (κ1) is 37.1. The monoisotopic (exact) mass is 615 g/mol. The van der Waals surface area contributed by atoms with Gasteiger partial charge in [0.2, 0.25) is 5.36 Å². The summed E-state index contributed by atoms with van der Waals surface area (Å²) in [7, 11) is 0. The maximum atomic E-state index is 14.3. The molecule has 0 amide bonds. The second-order valence-electron chi connectivity index (χ2n) is 17.2. The van der Waals surface area contributed by atoms with Crippen LogP contribution in [0, 0.1) is 0 Å². The van der Waals surface area contributed by atoms with E-state index >= 15 is 0 Å². The molecule has 0 unspecified atom stereocenters. The van der Waals surface area contributed by atoms with Gasteiger partial charge >= 0.3 is 0 Å². The second-order valence-corrected chi connectivity index (χ2v) is 17.2. The number of hydrogen-bond donors (Lipinski definition) is 2. The lowest BCUT2D eigenvalue weighted by atomic mass is 9.78. The fourth-order valence-electron chi connectivity index (χ4n) is 8.95. The van der Waals surface area contributed by atoms with Gasteiger partial charge in [0.25, 0.3) is 5.43 Å². The molecule has 0 radical (unpaired) electrons. The van der Waals surface area contributed by atoms with Crippen LogP contribution in [0.15, 0.2) is 4.79 Å². The minimum Gasteiger partial charge on any atom is -0.866 e. The highest BCUT2D eigenvalue weighted by molar-refractivity contribution is 5.63.